The van der Waals surface area contributed by atoms with Gasteiger partial charge in [0.25, 0.3) is 0 Å². The maximum absolute atomic E-state index is 13.0. The molecule has 6 heteroatoms. The monoisotopic (exact) mass is 317 g/mol. The molecule has 1 heterocycles. The van der Waals surface area contributed by atoms with Crippen LogP contribution >= 0.6 is 27.5 Å². The van der Waals surface area contributed by atoms with E-state index >= 15 is 0 Å². The Kier molecular flexibility index (Phi) is 3.69. The summed E-state index contributed by atoms with van der Waals surface area (Å²) >= 11 is 9.23. The summed E-state index contributed by atoms with van der Waals surface area (Å²) in [4.78, 5) is 0. The van der Waals surface area contributed by atoms with Crippen molar-refractivity contribution in [2.24, 2.45) is 7.05 Å². The molecule has 0 saturated heterocycles. The van der Waals surface area contributed by atoms with Gasteiger partial charge in [0.05, 0.1) is 22.9 Å². The molecule has 0 bridgehead atoms. The lowest BCUT2D eigenvalue weighted by Gasteiger charge is -2.10. The van der Waals surface area contributed by atoms with Crippen molar-refractivity contribution in [2.75, 3.05) is 5.32 Å². The lowest BCUT2D eigenvalue weighted by Crippen LogP contribution is -2.06. The lowest BCUT2D eigenvalue weighted by molar-refractivity contribution is 0.627. The molecule has 0 aliphatic rings. The molecular weight excluding hydrogens is 308 g/mol. The minimum atomic E-state index is -0.368. The van der Waals surface area contributed by atoms with Crippen LogP contribution in [0.5, 0.6) is 0 Å². The Morgan fingerprint density at radius 2 is 2.29 bits per heavy atom. The largest absolute Gasteiger partial charge is 0.377 e. The first-order chi connectivity index (χ1) is 8.08. The van der Waals surface area contributed by atoms with Gasteiger partial charge in [0.15, 0.2) is 0 Å². The zero-order valence-electron chi connectivity index (χ0n) is 9.04. The Bertz CT molecular complexity index is 518. The molecule has 0 aliphatic heterocycles. The van der Waals surface area contributed by atoms with Gasteiger partial charge in [-0.2, -0.15) is 5.10 Å². The summed E-state index contributed by atoms with van der Waals surface area (Å²) < 4.78 is 15.4. The normalized spacial score (nSPS) is 10.6. The van der Waals surface area contributed by atoms with Crippen LogP contribution in [0.3, 0.4) is 0 Å². The van der Waals surface area contributed by atoms with Gasteiger partial charge in [-0.05, 0) is 34.1 Å². The summed E-state index contributed by atoms with van der Waals surface area (Å²) in [5, 5.41) is 7.55. The van der Waals surface area contributed by atoms with Gasteiger partial charge in [-0.25, -0.2) is 4.39 Å². The summed E-state index contributed by atoms with van der Waals surface area (Å²) in [6.45, 7) is 0.570. The van der Waals surface area contributed by atoms with Crippen molar-refractivity contribution in [3.63, 3.8) is 0 Å². The molecule has 0 spiro atoms. The Labute approximate surface area is 112 Å². The van der Waals surface area contributed by atoms with E-state index < -0.39 is 0 Å². The standard InChI is InChI=1S/C11H10BrClFN3/c1-17-8(2-3-16-17)6-15-11-9(12)4-7(14)5-10(11)13/h2-5,15H,6H2,1H3. The predicted octanol–water partition coefficient (Wildman–Crippen LogP) is 3.59. The highest BCUT2D eigenvalue weighted by Crippen LogP contribution is 2.31. The molecule has 2 aromatic rings. The van der Waals surface area contributed by atoms with Crippen LogP contribution < -0.4 is 5.32 Å². The second kappa shape index (κ2) is 5.06. The van der Waals surface area contributed by atoms with Gasteiger partial charge in [-0.3, -0.25) is 4.68 Å². The zero-order valence-corrected chi connectivity index (χ0v) is 11.4. The Hall–Kier alpha value is -1.07. The zero-order chi connectivity index (χ0) is 12.4. The fourth-order valence-electron chi connectivity index (χ4n) is 1.46. The van der Waals surface area contributed by atoms with Crippen LogP contribution in [0.2, 0.25) is 5.02 Å². The van der Waals surface area contributed by atoms with Gasteiger partial charge in [-0.15, -0.1) is 0 Å². The third kappa shape index (κ3) is 2.79. The van der Waals surface area contributed by atoms with Crippen LogP contribution in [0.25, 0.3) is 0 Å². The van der Waals surface area contributed by atoms with Gasteiger partial charge in [-0.1, -0.05) is 11.6 Å². The van der Waals surface area contributed by atoms with Crippen molar-refractivity contribution < 1.29 is 4.39 Å². The number of hydrogen-bond donors (Lipinski definition) is 1. The van der Waals surface area contributed by atoms with E-state index in [0.29, 0.717) is 21.7 Å². The summed E-state index contributed by atoms with van der Waals surface area (Å²) in [6.07, 6.45) is 1.72. The van der Waals surface area contributed by atoms with E-state index in [-0.39, 0.29) is 5.82 Å². The number of nitrogens with one attached hydrogen (secondary N) is 1. The van der Waals surface area contributed by atoms with Crippen molar-refractivity contribution in [1.82, 2.24) is 9.78 Å². The van der Waals surface area contributed by atoms with Crippen molar-refractivity contribution in [1.29, 1.82) is 0 Å². The second-order valence-electron chi connectivity index (χ2n) is 3.54. The fraction of sp³-hybridized carbons (Fsp3) is 0.182. The summed E-state index contributed by atoms with van der Waals surface area (Å²) in [7, 11) is 1.86. The molecule has 0 fully saturated rings. The average molecular weight is 319 g/mol. The molecule has 1 aromatic carbocycles. The first-order valence-corrected chi connectivity index (χ1v) is 6.10. The van der Waals surface area contributed by atoms with E-state index in [1.165, 1.54) is 12.1 Å². The number of aromatic nitrogens is 2. The van der Waals surface area contributed by atoms with Crippen LogP contribution in [-0.2, 0) is 13.6 Å². The highest BCUT2D eigenvalue weighted by atomic mass is 79.9. The molecule has 17 heavy (non-hydrogen) atoms. The minimum Gasteiger partial charge on any atom is -0.377 e. The van der Waals surface area contributed by atoms with Gasteiger partial charge in [0.2, 0.25) is 0 Å². The maximum atomic E-state index is 13.0. The summed E-state index contributed by atoms with van der Waals surface area (Å²) in [5.74, 6) is -0.368. The minimum absolute atomic E-state index is 0.346. The molecule has 90 valence electrons. The van der Waals surface area contributed by atoms with Gasteiger partial charge >= 0.3 is 0 Å². The third-order valence-electron chi connectivity index (χ3n) is 2.38. The third-order valence-corrected chi connectivity index (χ3v) is 3.30. The van der Waals surface area contributed by atoms with Gasteiger partial charge < -0.3 is 5.32 Å². The van der Waals surface area contributed by atoms with E-state index in [9.17, 15) is 4.39 Å². The Morgan fingerprint density at radius 3 is 2.88 bits per heavy atom. The first kappa shape index (κ1) is 12.4. The molecule has 0 radical (unpaired) electrons. The van der Waals surface area contributed by atoms with Crippen LogP contribution in [0.1, 0.15) is 5.69 Å². The quantitative estimate of drug-likeness (QED) is 0.937. The Balaban J connectivity index is 2.17. The van der Waals surface area contributed by atoms with E-state index in [4.69, 9.17) is 11.6 Å². The SMILES string of the molecule is Cn1nccc1CNc1c(Cl)cc(F)cc1Br. The van der Waals surface area contributed by atoms with E-state index in [0.717, 1.165) is 5.69 Å². The summed E-state index contributed by atoms with van der Waals surface area (Å²) in [6, 6.07) is 4.55. The average Bonchev–Trinajstić information content (AvgIpc) is 2.62. The number of rotatable bonds is 3. The predicted molar refractivity (Wildman–Crippen MR) is 69.6 cm³/mol. The number of benzene rings is 1. The van der Waals surface area contributed by atoms with E-state index in [1.807, 2.05) is 13.1 Å². The van der Waals surface area contributed by atoms with E-state index in [1.54, 1.807) is 10.9 Å². The molecule has 3 nitrogen and oxygen atoms in total. The molecule has 2 rings (SSSR count). The highest BCUT2D eigenvalue weighted by molar-refractivity contribution is 9.10. The van der Waals surface area contributed by atoms with Crippen molar-refractivity contribution >= 4 is 33.2 Å². The van der Waals surface area contributed by atoms with E-state index in [2.05, 4.69) is 26.3 Å². The van der Waals surface area contributed by atoms with Crippen LogP contribution in [-0.4, -0.2) is 9.78 Å². The molecule has 0 unspecified atom stereocenters. The molecular formula is C11H10BrClFN3. The van der Waals surface area contributed by atoms with Crippen LogP contribution in [0, 0.1) is 5.82 Å². The molecule has 0 amide bonds. The first-order valence-electron chi connectivity index (χ1n) is 4.93. The number of anilines is 1. The maximum Gasteiger partial charge on any atom is 0.125 e. The number of aryl methyl sites for hydroxylation is 1. The van der Waals surface area contributed by atoms with Gasteiger partial charge in [0.1, 0.15) is 5.82 Å². The van der Waals surface area contributed by atoms with Crippen LogP contribution in [0.4, 0.5) is 10.1 Å². The summed E-state index contributed by atoms with van der Waals surface area (Å²) in [5.41, 5.74) is 1.69. The highest BCUT2D eigenvalue weighted by Gasteiger charge is 2.08. The number of hydrogen-bond acceptors (Lipinski definition) is 2. The van der Waals surface area contributed by atoms with Crippen molar-refractivity contribution in [3.8, 4) is 0 Å². The topological polar surface area (TPSA) is 29.9 Å². The molecule has 1 aromatic heterocycles. The Morgan fingerprint density at radius 1 is 1.53 bits per heavy atom. The molecule has 0 aliphatic carbocycles. The lowest BCUT2D eigenvalue weighted by atomic mass is 10.3. The molecule has 0 atom stereocenters. The molecule has 0 saturated carbocycles. The van der Waals surface area contributed by atoms with Gasteiger partial charge in [0, 0.05) is 17.7 Å². The fourth-order valence-corrected chi connectivity index (χ4v) is 2.42. The number of halogens is 3. The van der Waals surface area contributed by atoms with Crippen molar-refractivity contribution in [2.45, 2.75) is 6.54 Å². The molecule has 1 N–H and O–H groups in total. The van der Waals surface area contributed by atoms with Crippen LogP contribution in [0.15, 0.2) is 28.9 Å². The van der Waals surface area contributed by atoms with Crippen molar-refractivity contribution in [3.05, 3.63) is 45.4 Å². The second-order valence-corrected chi connectivity index (χ2v) is 4.81. The number of nitrogens with zero attached hydrogens (tertiary/aromatic N) is 2. The smallest absolute Gasteiger partial charge is 0.125 e.